The summed E-state index contributed by atoms with van der Waals surface area (Å²) in [4.78, 5) is 31.2. The first-order valence-corrected chi connectivity index (χ1v) is 10.9. The van der Waals surface area contributed by atoms with Crippen molar-refractivity contribution >= 4 is 17.7 Å². The number of nitrogens with zero attached hydrogens (tertiary/aromatic N) is 6. The fourth-order valence-electron chi connectivity index (χ4n) is 4.62. The largest absolute Gasteiger partial charge is 0.354 e. The highest BCUT2D eigenvalue weighted by molar-refractivity contribution is 5.76. The molecule has 154 valence electrons. The lowest BCUT2D eigenvalue weighted by Gasteiger charge is -2.36. The summed E-state index contributed by atoms with van der Waals surface area (Å²) in [5.74, 6) is 2.82. The van der Waals surface area contributed by atoms with Crippen molar-refractivity contribution in [3.63, 3.8) is 0 Å². The summed E-state index contributed by atoms with van der Waals surface area (Å²) in [6.07, 6.45) is 5.81. The smallest absolute Gasteiger partial charge is 0.227 e. The maximum absolute atomic E-state index is 12.6. The van der Waals surface area contributed by atoms with E-state index in [1.54, 1.807) is 0 Å². The van der Waals surface area contributed by atoms with Crippen molar-refractivity contribution < 1.29 is 4.79 Å². The number of piperazine rings is 2. The molecule has 0 unspecified atom stereocenters. The second-order valence-electron chi connectivity index (χ2n) is 8.68. The molecule has 2 saturated heterocycles. The third-order valence-electron chi connectivity index (χ3n) is 6.51. The quantitative estimate of drug-likeness (QED) is 0.786. The third kappa shape index (κ3) is 4.57. The van der Waals surface area contributed by atoms with E-state index >= 15 is 0 Å². The molecule has 0 atom stereocenters. The van der Waals surface area contributed by atoms with E-state index < -0.39 is 0 Å². The number of hydrogen-bond acceptors (Lipinski definition) is 6. The Hall–Kier alpha value is -1.89. The minimum Gasteiger partial charge on any atom is -0.354 e. The van der Waals surface area contributed by atoms with Gasteiger partial charge in [-0.05, 0) is 32.7 Å². The van der Waals surface area contributed by atoms with E-state index in [-0.39, 0.29) is 0 Å². The number of hydrogen-bond donors (Lipinski definition) is 0. The van der Waals surface area contributed by atoms with Crippen molar-refractivity contribution in [2.75, 3.05) is 69.2 Å². The van der Waals surface area contributed by atoms with E-state index in [0.717, 1.165) is 76.2 Å². The molecular formula is C21H34N6O. The average Bonchev–Trinajstić information content (AvgIpc) is 3.21. The van der Waals surface area contributed by atoms with Crippen LogP contribution in [0.25, 0.3) is 0 Å². The van der Waals surface area contributed by atoms with Crippen LogP contribution in [-0.4, -0.2) is 85.1 Å². The predicted octanol–water partition coefficient (Wildman–Crippen LogP) is 1.77. The van der Waals surface area contributed by atoms with Gasteiger partial charge in [-0.15, -0.1) is 0 Å². The minimum atomic E-state index is 0.342. The second kappa shape index (κ2) is 8.64. The SMILES string of the molecule is Cc1cc(N2CCN(C)CC2)nc(N2CCN(C(=O)CC3CCCC3)CC2)n1. The van der Waals surface area contributed by atoms with Crippen LogP contribution in [-0.2, 0) is 4.79 Å². The summed E-state index contributed by atoms with van der Waals surface area (Å²) < 4.78 is 0. The summed E-state index contributed by atoms with van der Waals surface area (Å²) in [7, 11) is 2.17. The lowest BCUT2D eigenvalue weighted by Crippen LogP contribution is -2.49. The number of amides is 1. The molecule has 0 radical (unpaired) electrons. The Balaban J connectivity index is 1.35. The molecule has 7 nitrogen and oxygen atoms in total. The van der Waals surface area contributed by atoms with Crippen LogP contribution < -0.4 is 9.80 Å². The standard InChI is InChI=1S/C21H34N6O/c1-17-15-19(25-9-7-24(2)8-10-25)23-21(22-17)27-13-11-26(12-14-27)20(28)16-18-5-3-4-6-18/h15,18H,3-14,16H2,1-2H3. The van der Waals surface area contributed by atoms with E-state index in [1.807, 2.05) is 11.8 Å². The maximum atomic E-state index is 12.6. The van der Waals surface area contributed by atoms with E-state index in [4.69, 9.17) is 9.97 Å². The highest BCUT2D eigenvalue weighted by atomic mass is 16.2. The number of rotatable bonds is 4. The Morgan fingerprint density at radius 1 is 0.964 bits per heavy atom. The van der Waals surface area contributed by atoms with Gasteiger partial charge in [-0.1, -0.05) is 12.8 Å². The van der Waals surface area contributed by atoms with Crippen molar-refractivity contribution in [1.29, 1.82) is 0 Å². The molecule has 2 aliphatic heterocycles. The van der Waals surface area contributed by atoms with E-state index in [0.29, 0.717) is 11.8 Å². The Labute approximate surface area is 168 Å². The van der Waals surface area contributed by atoms with Gasteiger partial charge < -0.3 is 19.6 Å². The van der Waals surface area contributed by atoms with Gasteiger partial charge in [-0.3, -0.25) is 4.79 Å². The Bertz CT molecular complexity index is 673. The van der Waals surface area contributed by atoms with Crippen molar-refractivity contribution in [3.8, 4) is 0 Å². The van der Waals surface area contributed by atoms with Gasteiger partial charge >= 0.3 is 0 Å². The second-order valence-corrected chi connectivity index (χ2v) is 8.68. The number of aryl methyl sites for hydroxylation is 1. The summed E-state index contributed by atoms with van der Waals surface area (Å²) >= 11 is 0. The molecule has 7 heteroatoms. The number of likely N-dealkylation sites (N-methyl/N-ethyl adjacent to an activating group) is 1. The van der Waals surface area contributed by atoms with Crippen LogP contribution in [0.1, 0.15) is 37.8 Å². The number of aromatic nitrogens is 2. The topological polar surface area (TPSA) is 55.8 Å². The molecule has 1 saturated carbocycles. The lowest BCUT2D eigenvalue weighted by molar-refractivity contribution is -0.132. The number of carbonyl (C=O) groups excluding carboxylic acids is 1. The Morgan fingerprint density at radius 2 is 1.61 bits per heavy atom. The first kappa shape index (κ1) is 19.4. The van der Waals surface area contributed by atoms with Gasteiger partial charge in [-0.2, -0.15) is 4.98 Å². The zero-order valence-electron chi connectivity index (χ0n) is 17.4. The Morgan fingerprint density at radius 3 is 2.29 bits per heavy atom. The van der Waals surface area contributed by atoms with Gasteiger partial charge in [0.15, 0.2) is 0 Å². The van der Waals surface area contributed by atoms with E-state index in [2.05, 4.69) is 27.8 Å². The zero-order chi connectivity index (χ0) is 19.5. The summed E-state index contributed by atoms with van der Waals surface area (Å²) in [6.45, 7) is 9.42. The van der Waals surface area contributed by atoms with Crippen molar-refractivity contribution in [2.45, 2.75) is 39.0 Å². The van der Waals surface area contributed by atoms with Gasteiger partial charge in [0.2, 0.25) is 11.9 Å². The number of carbonyl (C=O) groups is 1. The van der Waals surface area contributed by atoms with Gasteiger partial charge in [0.25, 0.3) is 0 Å². The predicted molar refractivity (Wildman–Crippen MR) is 112 cm³/mol. The highest BCUT2D eigenvalue weighted by Gasteiger charge is 2.26. The van der Waals surface area contributed by atoms with Crippen LogP contribution >= 0.6 is 0 Å². The molecule has 1 aromatic heterocycles. The Kier molecular flexibility index (Phi) is 5.99. The first-order chi connectivity index (χ1) is 13.6. The lowest BCUT2D eigenvalue weighted by atomic mass is 10.0. The summed E-state index contributed by atoms with van der Waals surface area (Å²) in [5.41, 5.74) is 1.01. The van der Waals surface area contributed by atoms with Crippen LogP contribution in [0.2, 0.25) is 0 Å². The fraction of sp³-hybridized carbons (Fsp3) is 0.762. The monoisotopic (exact) mass is 386 g/mol. The molecular weight excluding hydrogens is 352 g/mol. The van der Waals surface area contributed by atoms with Crippen molar-refractivity contribution in [3.05, 3.63) is 11.8 Å². The van der Waals surface area contributed by atoms with Gasteiger partial charge in [-0.25, -0.2) is 4.98 Å². The minimum absolute atomic E-state index is 0.342. The molecule has 3 heterocycles. The van der Waals surface area contributed by atoms with Crippen LogP contribution in [0, 0.1) is 12.8 Å². The molecule has 0 N–H and O–H groups in total. The summed E-state index contributed by atoms with van der Waals surface area (Å²) in [5, 5.41) is 0. The molecule has 0 spiro atoms. The van der Waals surface area contributed by atoms with Crippen LogP contribution in [0.4, 0.5) is 11.8 Å². The molecule has 1 aliphatic carbocycles. The van der Waals surface area contributed by atoms with Crippen molar-refractivity contribution in [1.82, 2.24) is 19.8 Å². The number of anilines is 2. The first-order valence-electron chi connectivity index (χ1n) is 10.9. The molecule has 4 rings (SSSR count). The van der Waals surface area contributed by atoms with E-state index in [9.17, 15) is 4.79 Å². The van der Waals surface area contributed by atoms with Crippen LogP contribution in [0.15, 0.2) is 6.07 Å². The maximum Gasteiger partial charge on any atom is 0.227 e. The molecule has 1 aromatic rings. The van der Waals surface area contributed by atoms with E-state index in [1.165, 1.54) is 25.7 Å². The fourth-order valence-corrected chi connectivity index (χ4v) is 4.62. The molecule has 28 heavy (non-hydrogen) atoms. The van der Waals surface area contributed by atoms with Gasteiger partial charge in [0.1, 0.15) is 5.82 Å². The molecule has 0 aromatic carbocycles. The molecule has 3 fully saturated rings. The van der Waals surface area contributed by atoms with Gasteiger partial charge in [0, 0.05) is 70.5 Å². The van der Waals surface area contributed by atoms with Crippen molar-refractivity contribution in [2.24, 2.45) is 5.92 Å². The normalized spacial score (nSPS) is 22.1. The highest BCUT2D eigenvalue weighted by Crippen LogP contribution is 2.28. The molecule has 3 aliphatic rings. The molecule has 0 bridgehead atoms. The summed E-state index contributed by atoms with van der Waals surface area (Å²) in [6, 6.07) is 2.09. The third-order valence-corrected chi connectivity index (χ3v) is 6.51. The van der Waals surface area contributed by atoms with Crippen LogP contribution in [0.5, 0.6) is 0 Å². The molecule has 1 amide bonds. The van der Waals surface area contributed by atoms with Gasteiger partial charge in [0.05, 0.1) is 0 Å². The average molecular weight is 387 g/mol. The zero-order valence-corrected chi connectivity index (χ0v) is 17.4. The van der Waals surface area contributed by atoms with Crippen LogP contribution in [0.3, 0.4) is 0 Å².